The second-order valence-corrected chi connectivity index (χ2v) is 12.0. The van der Waals surface area contributed by atoms with Crippen molar-refractivity contribution in [1.29, 1.82) is 0 Å². The summed E-state index contributed by atoms with van der Waals surface area (Å²) in [5.74, 6) is 0.446. The average molecular weight is 536 g/mol. The van der Waals surface area contributed by atoms with Crippen LogP contribution in [-0.2, 0) is 20.4 Å². The van der Waals surface area contributed by atoms with Crippen LogP contribution in [-0.4, -0.2) is 29.3 Å². The predicted octanol–water partition coefficient (Wildman–Crippen LogP) is 8.27. The molecule has 4 heteroatoms. The molecule has 4 nitrogen and oxygen atoms in total. The van der Waals surface area contributed by atoms with E-state index in [1.807, 2.05) is 0 Å². The molecule has 2 aromatic carbocycles. The van der Waals surface area contributed by atoms with Crippen molar-refractivity contribution in [3.8, 4) is 0 Å². The second kappa shape index (κ2) is 10.7. The molecule has 1 aliphatic carbocycles. The Balaban J connectivity index is 1.56. The SMILES string of the molecule is CCN1/C(=C/C=C2\CCCC(/C=C/C3=[N+](CC)c4ccccc4C3(C)C)=C2OC(C)=O)C(C)(C)c2ccccc21. The molecule has 0 saturated carbocycles. The highest BCUT2D eigenvalue weighted by Crippen LogP contribution is 2.47. The fourth-order valence-corrected chi connectivity index (χ4v) is 6.82. The van der Waals surface area contributed by atoms with Crippen LogP contribution in [0.25, 0.3) is 0 Å². The Morgan fingerprint density at radius 2 is 1.62 bits per heavy atom. The summed E-state index contributed by atoms with van der Waals surface area (Å²) >= 11 is 0. The minimum absolute atomic E-state index is 0.102. The van der Waals surface area contributed by atoms with Crippen molar-refractivity contribution >= 4 is 23.1 Å². The number of carbonyl (C=O) groups excluding carboxylic acids is 1. The molecule has 2 aliphatic heterocycles. The van der Waals surface area contributed by atoms with Crippen molar-refractivity contribution in [2.24, 2.45) is 0 Å². The number of anilines is 1. The number of esters is 1. The van der Waals surface area contributed by atoms with E-state index in [4.69, 9.17) is 4.74 Å². The molecule has 5 rings (SSSR count). The Morgan fingerprint density at radius 3 is 2.33 bits per heavy atom. The molecule has 0 aromatic heterocycles. The van der Waals surface area contributed by atoms with Crippen molar-refractivity contribution in [3.05, 3.63) is 107 Å². The Bertz CT molecular complexity index is 1500. The average Bonchev–Trinajstić information content (AvgIpc) is 3.29. The Morgan fingerprint density at radius 1 is 0.925 bits per heavy atom. The third-order valence-electron chi connectivity index (χ3n) is 8.84. The molecule has 0 spiro atoms. The van der Waals surface area contributed by atoms with Gasteiger partial charge in [0.2, 0.25) is 5.69 Å². The zero-order chi connectivity index (χ0) is 28.7. The van der Waals surface area contributed by atoms with Crippen LogP contribution in [0.1, 0.15) is 78.9 Å². The van der Waals surface area contributed by atoms with E-state index >= 15 is 0 Å². The van der Waals surface area contributed by atoms with Crippen molar-refractivity contribution in [3.63, 3.8) is 0 Å². The van der Waals surface area contributed by atoms with Gasteiger partial charge in [-0.2, -0.15) is 4.58 Å². The van der Waals surface area contributed by atoms with Crippen LogP contribution in [0, 0.1) is 0 Å². The van der Waals surface area contributed by atoms with Gasteiger partial charge < -0.3 is 9.64 Å². The van der Waals surface area contributed by atoms with Crippen LogP contribution in [0.3, 0.4) is 0 Å². The molecule has 40 heavy (non-hydrogen) atoms. The number of fused-ring (bicyclic) bond motifs is 2. The number of carbonyl (C=O) groups is 1. The number of hydrogen-bond acceptors (Lipinski definition) is 3. The lowest BCUT2D eigenvalue weighted by Gasteiger charge is -2.26. The maximum atomic E-state index is 12.3. The monoisotopic (exact) mass is 535 g/mol. The third kappa shape index (κ3) is 4.68. The topological polar surface area (TPSA) is 32.5 Å². The molecular weight excluding hydrogens is 492 g/mol. The molecule has 0 N–H and O–H groups in total. The van der Waals surface area contributed by atoms with Crippen LogP contribution < -0.4 is 4.90 Å². The molecule has 0 bridgehead atoms. The highest BCUT2D eigenvalue weighted by molar-refractivity contribution is 6.03. The zero-order valence-corrected chi connectivity index (χ0v) is 25.2. The van der Waals surface area contributed by atoms with Gasteiger partial charge >= 0.3 is 5.97 Å². The van der Waals surface area contributed by atoms with Gasteiger partial charge in [0, 0.05) is 48.0 Å². The van der Waals surface area contributed by atoms with Crippen molar-refractivity contribution in [2.75, 3.05) is 18.0 Å². The van der Waals surface area contributed by atoms with Gasteiger partial charge in [0.15, 0.2) is 5.71 Å². The second-order valence-electron chi connectivity index (χ2n) is 12.0. The van der Waals surface area contributed by atoms with E-state index in [1.165, 1.54) is 40.8 Å². The molecule has 2 heterocycles. The van der Waals surface area contributed by atoms with E-state index in [0.29, 0.717) is 0 Å². The number of allylic oxidation sites excluding steroid dienone is 7. The molecule has 3 aliphatic rings. The predicted molar refractivity (Wildman–Crippen MR) is 165 cm³/mol. The highest BCUT2D eigenvalue weighted by Gasteiger charge is 2.43. The lowest BCUT2D eigenvalue weighted by atomic mass is 9.81. The first-order valence-corrected chi connectivity index (χ1v) is 14.7. The molecule has 0 atom stereocenters. The van der Waals surface area contributed by atoms with Gasteiger partial charge in [-0.1, -0.05) is 56.3 Å². The standard InChI is InChI=1S/C36H43N2O2/c1-8-37-30-19-12-10-17-28(30)35(4,5)32(37)23-21-26-15-14-16-27(34(26)40-25(3)39)22-24-33-36(6,7)29-18-11-13-20-31(29)38(33)9-2/h10-13,17-24H,8-9,14-16H2,1-7H3/q+1. The summed E-state index contributed by atoms with van der Waals surface area (Å²) < 4.78 is 8.34. The van der Waals surface area contributed by atoms with E-state index in [9.17, 15) is 4.79 Å². The largest absolute Gasteiger partial charge is 0.426 e. The molecule has 208 valence electrons. The summed E-state index contributed by atoms with van der Waals surface area (Å²) in [6.07, 6.45) is 11.7. The number of nitrogens with zero attached hydrogens (tertiary/aromatic N) is 2. The normalized spacial score (nSPS) is 21.5. The Hall–Kier alpha value is -3.66. The highest BCUT2D eigenvalue weighted by atomic mass is 16.5. The van der Waals surface area contributed by atoms with E-state index in [-0.39, 0.29) is 16.8 Å². The smallest absolute Gasteiger partial charge is 0.308 e. The van der Waals surface area contributed by atoms with Crippen molar-refractivity contribution in [1.82, 2.24) is 0 Å². The summed E-state index contributed by atoms with van der Waals surface area (Å²) in [4.78, 5) is 14.7. The number of likely N-dealkylation sites (N-methyl/N-ethyl adjacent to an activating group) is 1. The first-order chi connectivity index (χ1) is 19.1. The number of hydrogen-bond donors (Lipinski definition) is 0. The van der Waals surface area contributed by atoms with Crippen LogP contribution in [0.4, 0.5) is 11.4 Å². The van der Waals surface area contributed by atoms with Gasteiger partial charge in [0.25, 0.3) is 0 Å². The summed E-state index contributed by atoms with van der Waals surface area (Å²) in [6.45, 7) is 16.9. The number of rotatable bonds is 6. The van der Waals surface area contributed by atoms with Gasteiger partial charge in [-0.15, -0.1) is 0 Å². The van der Waals surface area contributed by atoms with E-state index in [2.05, 4.69) is 124 Å². The zero-order valence-electron chi connectivity index (χ0n) is 25.2. The van der Waals surface area contributed by atoms with Crippen LogP contribution in [0.5, 0.6) is 0 Å². The fourth-order valence-electron chi connectivity index (χ4n) is 6.82. The van der Waals surface area contributed by atoms with Crippen LogP contribution >= 0.6 is 0 Å². The molecule has 2 aromatic rings. The van der Waals surface area contributed by atoms with Gasteiger partial charge in [-0.3, -0.25) is 4.79 Å². The van der Waals surface area contributed by atoms with Gasteiger partial charge in [-0.25, -0.2) is 0 Å². The lowest BCUT2D eigenvalue weighted by Crippen LogP contribution is -2.27. The first-order valence-electron chi connectivity index (χ1n) is 14.7. The van der Waals surface area contributed by atoms with E-state index in [0.717, 1.165) is 49.3 Å². The van der Waals surface area contributed by atoms with Crippen molar-refractivity contribution < 1.29 is 14.1 Å². The van der Waals surface area contributed by atoms with Crippen LogP contribution in [0.2, 0.25) is 0 Å². The van der Waals surface area contributed by atoms with Gasteiger partial charge in [-0.05, 0) is 81.9 Å². The summed E-state index contributed by atoms with van der Waals surface area (Å²) in [5, 5.41) is 0. The Labute approximate surface area is 240 Å². The van der Waals surface area contributed by atoms with E-state index < -0.39 is 0 Å². The quantitative estimate of drug-likeness (QED) is 0.276. The molecule has 0 radical (unpaired) electrons. The van der Waals surface area contributed by atoms with Crippen LogP contribution in [0.15, 0.2) is 95.4 Å². The molecular formula is C36H43N2O2+. The summed E-state index contributed by atoms with van der Waals surface area (Å²) in [6, 6.07) is 17.4. The molecule has 0 fully saturated rings. The number of para-hydroxylation sites is 2. The third-order valence-corrected chi connectivity index (χ3v) is 8.84. The minimum Gasteiger partial charge on any atom is -0.426 e. The Kier molecular flexibility index (Phi) is 7.48. The molecule has 0 amide bonds. The fraction of sp³-hybridized carbons (Fsp3) is 0.389. The van der Waals surface area contributed by atoms with E-state index in [1.54, 1.807) is 0 Å². The summed E-state index contributed by atoms with van der Waals surface area (Å²) in [7, 11) is 0. The maximum absolute atomic E-state index is 12.3. The number of ether oxygens (including phenoxy) is 1. The van der Waals surface area contributed by atoms with Gasteiger partial charge in [0.05, 0.1) is 5.41 Å². The number of benzene rings is 2. The van der Waals surface area contributed by atoms with Gasteiger partial charge in [0.1, 0.15) is 12.3 Å². The maximum Gasteiger partial charge on any atom is 0.308 e. The first kappa shape index (κ1) is 27.9. The van der Waals surface area contributed by atoms with Crippen molar-refractivity contribution in [2.45, 2.75) is 78.6 Å². The molecule has 0 unspecified atom stereocenters. The summed E-state index contributed by atoms with van der Waals surface area (Å²) in [5.41, 5.74) is 9.77. The lowest BCUT2D eigenvalue weighted by molar-refractivity contribution is -0.433. The minimum atomic E-state index is -0.276. The molecule has 0 saturated heterocycles.